The zero-order chi connectivity index (χ0) is 72.5. The van der Waals surface area contributed by atoms with Gasteiger partial charge in [-0.05, 0) is 0 Å². The molecule has 0 aromatic heterocycles. The van der Waals surface area contributed by atoms with E-state index in [1.165, 1.54) is 50.1 Å². The van der Waals surface area contributed by atoms with E-state index in [0.717, 1.165) is 44.1 Å². The van der Waals surface area contributed by atoms with Crippen LogP contribution in [0.4, 0.5) is 0 Å². The first-order valence-electron chi connectivity index (χ1n) is 35.2. The number of hydrogen-bond acceptors (Lipinski definition) is 4. The van der Waals surface area contributed by atoms with Crippen LogP contribution in [-0.4, -0.2) is 20.1 Å². The van der Waals surface area contributed by atoms with Crippen molar-refractivity contribution < 1.29 is 10.4 Å². The maximum absolute atomic E-state index is 19.9. The van der Waals surface area contributed by atoms with Gasteiger partial charge in [0.25, 0.3) is 0 Å². The summed E-state index contributed by atoms with van der Waals surface area (Å²) in [6.45, 7) is 60.9. The maximum atomic E-state index is 19.9. The van der Waals surface area contributed by atoms with E-state index >= 15 is 3.02 Å². The molecule has 9 rings (SSSR count). The third-order valence-corrected chi connectivity index (χ3v) is 39.2. The van der Waals surface area contributed by atoms with Crippen molar-refractivity contribution in [3.63, 3.8) is 0 Å². The van der Waals surface area contributed by atoms with Crippen LogP contribution in [0.5, 0.6) is 0 Å². The second-order valence-corrected chi connectivity index (χ2v) is 50.7. The summed E-state index contributed by atoms with van der Waals surface area (Å²) >= 11 is -7.06. The Morgan fingerprint density at radius 2 is 0.255 bits per heavy atom. The third-order valence-electron chi connectivity index (χ3n) is 19.1. The van der Waals surface area contributed by atoms with Gasteiger partial charge < -0.3 is 0 Å². The second kappa shape index (κ2) is 27.4. The first-order chi connectivity index (χ1) is 45.0. The minimum absolute atomic E-state index is 0.180. The molecule has 0 saturated carbocycles. The average molecular weight is 1480 g/mol. The zero-order valence-electron chi connectivity index (χ0n) is 64.6. The van der Waals surface area contributed by atoms with Gasteiger partial charge >= 0.3 is 610 Å². The molecule has 0 aliphatic carbocycles. The Labute approximate surface area is 604 Å². The van der Waals surface area contributed by atoms with Crippen molar-refractivity contribution >= 4 is 51.0 Å². The molecule has 0 saturated heterocycles. The molecule has 0 unspecified atom stereocenters. The summed E-state index contributed by atoms with van der Waals surface area (Å²) in [5.74, 6) is 0. The van der Waals surface area contributed by atoms with E-state index in [1.807, 2.05) is 0 Å². The fourth-order valence-electron chi connectivity index (χ4n) is 12.4. The standard InChI is InChI=1S/3C30H40OS.O.Sb/c3*1-28(2,3)22-10-16-25(17-11-22)32(31,26-18-12-23(13-19-26)29(4,5)6)27-20-14-24(15-21-27)30(7,8)9;;/h3*10-21,31H,1-9H3;;/q;;;;+3/p-3. The Hall–Kier alpha value is -5.47. The molecule has 0 aliphatic rings. The van der Waals surface area contributed by atoms with Gasteiger partial charge in [0, 0.05) is 0 Å². The fraction of sp³-hybridized carbons (Fsp3) is 0.400. The normalized spacial score (nSPS) is 14.3. The summed E-state index contributed by atoms with van der Waals surface area (Å²) in [5.41, 5.74) is 8.91. The summed E-state index contributed by atoms with van der Waals surface area (Å²) < 4.78 is 46.3. The second-order valence-electron chi connectivity index (χ2n) is 36.3. The Balaban J connectivity index is 1.56. The molecule has 0 amide bonds. The number of hydrogen-bond donors (Lipinski definition) is 0. The minimum atomic E-state index is -7.06. The molecule has 0 spiro atoms. The molecule has 0 radical (unpaired) electrons. The van der Waals surface area contributed by atoms with Crippen molar-refractivity contribution in [1.29, 1.82) is 0 Å². The van der Waals surface area contributed by atoms with E-state index in [2.05, 4.69) is 405 Å². The topological polar surface area (TPSA) is 44.8 Å². The monoisotopic (exact) mass is 1480 g/mol. The Morgan fingerprint density at radius 1 is 0.173 bits per heavy atom. The van der Waals surface area contributed by atoms with Gasteiger partial charge in [-0.25, -0.2) is 0 Å². The van der Waals surface area contributed by atoms with Gasteiger partial charge in [0.05, 0.1) is 0 Å². The summed E-state index contributed by atoms with van der Waals surface area (Å²) in [6, 6.07) is 80.7. The van der Waals surface area contributed by atoms with E-state index in [4.69, 9.17) is 7.38 Å². The molecule has 0 atom stereocenters. The Kier molecular flexibility index (Phi) is 21.4. The molecule has 4 nitrogen and oxygen atoms in total. The van der Waals surface area contributed by atoms with Crippen LogP contribution in [0.25, 0.3) is 0 Å². The van der Waals surface area contributed by atoms with Crippen LogP contribution in [0.1, 0.15) is 237 Å². The summed E-state index contributed by atoms with van der Waals surface area (Å²) in [6.07, 6.45) is 0. The van der Waals surface area contributed by atoms with Crippen LogP contribution in [0, 0.1) is 0 Å². The number of benzene rings is 9. The first kappa shape index (κ1) is 76.7. The van der Waals surface area contributed by atoms with E-state index in [0.29, 0.717) is 0 Å². The summed E-state index contributed by atoms with van der Waals surface area (Å²) in [5, 5.41) is 0. The van der Waals surface area contributed by atoms with Gasteiger partial charge in [0.2, 0.25) is 0 Å². The molecular weight excluding hydrogens is 1360 g/mol. The molecule has 0 fully saturated rings. The Bertz CT molecular complexity index is 3360. The van der Waals surface area contributed by atoms with Crippen LogP contribution < -0.4 is 0 Å². The molecule has 9 aromatic carbocycles. The van der Waals surface area contributed by atoms with E-state index in [-0.39, 0.29) is 48.7 Å². The molecule has 9 aromatic rings. The molecule has 0 bridgehead atoms. The SMILES string of the molecule is CC(C)(C)c1ccc(S([O][Sb](=[O])([O]S(c2ccc(C(C)(C)C)cc2)(c2ccc(C(C)(C)C)cc2)c2ccc(C(C)(C)C)cc2)[O]S(c2ccc(C(C)(C)C)cc2)(c2ccc(C(C)(C)C)cc2)c2ccc(C(C)(C)C)cc2)(c2ccc(C(C)(C)C)cc2)c2ccc(C(C)(C)C)cc2)cc1. The predicted octanol–water partition coefficient (Wildman–Crippen LogP) is 27.3. The van der Waals surface area contributed by atoms with Crippen molar-refractivity contribution in [3.05, 3.63) is 268 Å². The van der Waals surface area contributed by atoms with Gasteiger partial charge in [0.1, 0.15) is 0 Å². The molecular formula is C90H117O4S3Sb. The van der Waals surface area contributed by atoms with E-state index in [9.17, 15) is 0 Å². The fourth-order valence-corrected chi connectivity index (χ4v) is 37.0. The third kappa shape index (κ3) is 16.4. The zero-order valence-corrected chi connectivity index (χ0v) is 69.6. The van der Waals surface area contributed by atoms with Crippen molar-refractivity contribution in [2.24, 2.45) is 0 Å². The van der Waals surface area contributed by atoms with Crippen LogP contribution >= 0.6 is 30.9 Å². The van der Waals surface area contributed by atoms with Gasteiger partial charge in [-0.15, -0.1) is 0 Å². The van der Waals surface area contributed by atoms with Gasteiger partial charge in [-0.1, -0.05) is 0 Å². The molecule has 8 heteroatoms. The van der Waals surface area contributed by atoms with Crippen molar-refractivity contribution in [1.82, 2.24) is 0 Å². The molecule has 524 valence electrons. The van der Waals surface area contributed by atoms with Gasteiger partial charge in [0.15, 0.2) is 0 Å². The van der Waals surface area contributed by atoms with E-state index in [1.54, 1.807) is 0 Å². The summed E-state index contributed by atoms with van der Waals surface area (Å²) in [4.78, 5) is 7.85. The van der Waals surface area contributed by atoms with Crippen molar-refractivity contribution in [2.75, 3.05) is 0 Å². The van der Waals surface area contributed by atoms with Crippen molar-refractivity contribution in [3.8, 4) is 0 Å². The number of rotatable bonds is 15. The first-order valence-corrected chi connectivity index (χ1v) is 44.1. The van der Waals surface area contributed by atoms with Crippen LogP contribution in [0.2, 0.25) is 0 Å². The molecule has 0 aliphatic heterocycles. The van der Waals surface area contributed by atoms with Crippen molar-refractivity contribution in [2.45, 2.75) is 280 Å². The molecule has 98 heavy (non-hydrogen) atoms. The average Bonchev–Trinajstić information content (AvgIpc) is 0.714. The Morgan fingerprint density at radius 3 is 0.327 bits per heavy atom. The van der Waals surface area contributed by atoms with Gasteiger partial charge in [-0.2, -0.15) is 0 Å². The van der Waals surface area contributed by atoms with Crippen LogP contribution in [0.15, 0.2) is 262 Å². The molecule has 0 heterocycles. The predicted molar refractivity (Wildman–Crippen MR) is 423 cm³/mol. The van der Waals surface area contributed by atoms with Gasteiger partial charge in [-0.3, -0.25) is 0 Å². The quantitative estimate of drug-likeness (QED) is 0.0960. The van der Waals surface area contributed by atoms with Crippen LogP contribution in [-0.2, 0) is 59.1 Å². The summed E-state index contributed by atoms with van der Waals surface area (Å²) in [7, 11) is -9.65. The van der Waals surface area contributed by atoms with Crippen LogP contribution in [0.3, 0.4) is 0 Å². The molecule has 0 N–H and O–H groups in total. The van der Waals surface area contributed by atoms with E-state index < -0.39 is 51.0 Å².